The molecule has 3 nitrogen and oxygen atoms in total. The van der Waals surface area contributed by atoms with Gasteiger partial charge in [0.2, 0.25) is 0 Å². The Labute approximate surface area is 125 Å². The number of nitrogens with two attached hydrogens (primary N) is 1. The molecule has 0 spiro atoms. The first-order chi connectivity index (χ1) is 8.63. The van der Waals surface area contributed by atoms with E-state index < -0.39 is 0 Å². The molecule has 1 unspecified atom stereocenters. The monoisotopic (exact) mass is 302 g/mol. The third-order valence-corrected chi connectivity index (χ3v) is 4.84. The molecule has 0 saturated carbocycles. The SMILES string of the molecule is CCc1ccsc1C(=O)N1CCC(C(C)N)CC1.Cl. The number of piperidine rings is 1. The molecule has 2 heterocycles. The van der Waals surface area contributed by atoms with Crippen LogP contribution in [0.25, 0.3) is 0 Å². The summed E-state index contributed by atoms with van der Waals surface area (Å²) >= 11 is 1.57. The zero-order valence-electron chi connectivity index (χ0n) is 11.6. The number of carbonyl (C=O) groups is 1. The minimum atomic E-state index is 0. The highest BCUT2D eigenvalue weighted by Crippen LogP contribution is 2.24. The lowest BCUT2D eigenvalue weighted by atomic mass is 9.91. The fourth-order valence-corrected chi connectivity index (χ4v) is 3.54. The molecular weight excluding hydrogens is 280 g/mol. The third-order valence-electron chi connectivity index (χ3n) is 3.89. The molecule has 1 amide bonds. The van der Waals surface area contributed by atoms with Crippen LogP contribution in [-0.2, 0) is 6.42 Å². The minimum Gasteiger partial charge on any atom is -0.338 e. The first kappa shape index (κ1) is 16.5. The van der Waals surface area contributed by atoms with Crippen molar-refractivity contribution in [3.8, 4) is 0 Å². The molecule has 1 aliphatic rings. The summed E-state index contributed by atoms with van der Waals surface area (Å²) in [4.78, 5) is 15.3. The Morgan fingerprint density at radius 2 is 2.16 bits per heavy atom. The van der Waals surface area contributed by atoms with Gasteiger partial charge < -0.3 is 10.6 Å². The maximum absolute atomic E-state index is 12.4. The van der Waals surface area contributed by atoms with E-state index in [-0.39, 0.29) is 24.4 Å². The van der Waals surface area contributed by atoms with Crippen LogP contribution >= 0.6 is 23.7 Å². The molecule has 1 saturated heterocycles. The van der Waals surface area contributed by atoms with Crippen molar-refractivity contribution in [3.05, 3.63) is 21.9 Å². The lowest BCUT2D eigenvalue weighted by Gasteiger charge is -2.33. The molecule has 1 aromatic heterocycles. The molecule has 2 N–H and O–H groups in total. The summed E-state index contributed by atoms with van der Waals surface area (Å²) in [5, 5.41) is 2.01. The first-order valence-electron chi connectivity index (χ1n) is 6.74. The Kier molecular flexibility index (Phi) is 6.30. The van der Waals surface area contributed by atoms with Gasteiger partial charge in [-0.15, -0.1) is 23.7 Å². The Morgan fingerprint density at radius 3 is 2.68 bits per heavy atom. The van der Waals surface area contributed by atoms with Crippen LogP contribution in [0, 0.1) is 5.92 Å². The van der Waals surface area contributed by atoms with E-state index in [4.69, 9.17) is 5.73 Å². The van der Waals surface area contributed by atoms with Crippen LogP contribution in [0.1, 0.15) is 41.9 Å². The summed E-state index contributed by atoms with van der Waals surface area (Å²) in [5.74, 6) is 0.785. The van der Waals surface area contributed by atoms with Crippen molar-refractivity contribution in [1.82, 2.24) is 4.90 Å². The smallest absolute Gasteiger partial charge is 0.264 e. The number of hydrogen-bond acceptors (Lipinski definition) is 3. The molecule has 1 fully saturated rings. The van der Waals surface area contributed by atoms with Gasteiger partial charge in [-0.3, -0.25) is 4.79 Å². The largest absolute Gasteiger partial charge is 0.338 e. The van der Waals surface area contributed by atoms with Gasteiger partial charge >= 0.3 is 0 Å². The number of nitrogens with zero attached hydrogens (tertiary/aromatic N) is 1. The summed E-state index contributed by atoms with van der Waals surface area (Å²) in [6, 6.07) is 2.31. The quantitative estimate of drug-likeness (QED) is 0.933. The van der Waals surface area contributed by atoms with Gasteiger partial charge in [0.25, 0.3) is 5.91 Å². The van der Waals surface area contributed by atoms with Gasteiger partial charge in [0, 0.05) is 19.1 Å². The fourth-order valence-electron chi connectivity index (χ4n) is 2.57. The minimum absolute atomic E-state index is 0. The molecule has 5 heteroatoms. The van der Waals surface area contributed by atoms with E-state index in [0.29, 0.717) is 5.92 Å². The highest BCUT2D eigenvalue weighted by atomic mass is 35.5. The molecule has 108 valence electrons. The van der Waals surface area contributed by atoms with Gasteiger partial charge in [0.15, 0.2) is 0 Å². The summed E-state index contributed by atoms with van der Waals surface area (Å²) < 4.78 is 0. The molecule has 0 radical (unpaired) electrons. The molecule has 1 atom stereocenters. The van der Waals surface area contributed by atoms with Crippen LogP contribution in [0.4, 0.5) is 0 Å². The van der Waals surface area contributed by atoms with E-state index in [1.807, 2.05) is 10.3 Å². The van der Waals surface area contributed by atoms with Crippen LogP contribution < -0.4 is 5.73 Å². The summed E-state index contributed by atoms with van der Waals surface area (Å²) in [6.07, 6.45) is 3.01. The average molecular weight is 303 g/mol. The molecule has 0 aliphatic carbocycles. The van der Waals surface area contributed by atoms with Crippen molar-refractivity contribution >= 4 is 29.7 Å². The predicted octanol–water partition coefficient (Wildman–Crippen LogP) is 2.93. The Balaban J connectivity index is 0.00000180. The van der Waals surface area contributed by atoms with E-state index in [9.17, 15) is 4.79 Å². The molecule has 1 aliphatic heterocycles. The van der Waals surface area contributed by atoms with Crippen molar-refractivity contribution < 1.29 is 4.79 Å². The van der Waals surface area contributed by atoms with Crippen molar-refractivity contribution in [3.63, 3.8) is 0 Å². The number of halogens is 1. The second-order valence-corrected chi connectivity index (χ2v) is 6.03. The van der Waals surface area contributed by atoms with Crippen molar-refractivity contribution in [2.75, 3.05) is 13.1 Å². The van der Waals surface area contributed by atoms with Crippen LogP contribution in [0.5, 0.6) is 0 Å². The van der Waals surface area contributed by atoms with Crippen LogP contribution in [0.2, 0.25) is 0 Å². The lowest BCUT2D eigenvalue weighted by molar-refractivity contribution is 0.0685. The van der Waals surface area contributed by atoms with Crippen LogP contribution in [0.3, 0.4) is 0 Å². The van der Waals surface area contributed by atoms with Gasteiger partial charge in [-0.25, -0.2) is 0 Å². The van der Waals surface area contributed by atoms with Crippen molar-refractivity contribution in [2.45, 2.75) is 39.2 Å². The topological polar surface area (TPSA) is 46.3 Å². The van der Waals surface area contributed by atoms with Crippen LogP contribution in [-0.4, -0.2) is 29.9 Å². The number of thiophene rings is 1. The fraction of sp³-hybridized carbons (Fsp3) is 0.643. The summed E-state index contributed by atoms with van der Waals surface area (Å²) in [6.45, 7) is 5.87. The highest BCUT2D eigenvalue weighted by Gasteiger charge is 2.26. The highest BCUT2D eigenvalue weighted by molar-refractivity contribution is 7.12. The first-order valence-corrected chi connectivity index (χ1v) is 7.62. The van der Waals surface area contributed by atoms with E-state index in [1.54, 1.807) is 11.3 Å². The molecular formula is C14H23ClN2OS. The lowest BCUT2D eigenvalue weighted by Crippen LogP contribution is -2.42. The van der Waals surface area contributed by atoms with Gasteiger partial charge in [-0.2, -0.15) is 0 Å². The third kappa shape index (κ3) is 3.71. The van der Waals surface area contributed by atoms with Gasteiger partial charge in [0.05, 0.1) is 4.88 Å². The normalized spacial score (nSPS) is 17.9. The summed E-state index contributed by atoms with van der Waals surface area (Å²) in [5.41, 5.74) is 7.11. The zero-order valence-corrected chi connectivity index (χ0v) is 13.2. The van der Waals surface area contributed by atoms with E-state index in [0.717, 1.165) is 37.2 Å². The maximum atomic E-state index is 12.4. The van der Waals surface area contributed by atoms with Gasteiger partial charge in [-0.05, 0) is 49.1 Å². The number of carbonyl (C=O) groups excluding carboxylic acids is 1. The molecule has 19 heavy (non-hydrogen) atoms. The van der Waals surface area contributed by atoms with Crippen LogP contribution in [0.15, 0.2) is 11.4 Å². The molecule has 0 aromatic carbocycles. The Morgan fingerprint density at radius 1 is 1.53 bits per heavy atom. The number of rotatable bonds is 3. The average Bonchev–Trinajstić information content (AvgIpc) is 2.86. The van der Waals surface area contributed by atoms with E-state index >= 15 is 0 Å². The second-order valence-electron chi connectivity index (χ2n) is 5.12. The second kappa shape index (κ2) is 7.27. The summed E-state index contributed by atoms with van der Waals surface area (Å²) in [7, 11) is 0. The van der Waals surface area contributed by atoms with Gasteiger partial charge in [0.1, 0.15) is 0 Å². The predicted molar refractivity (Wildman–Crippen MR) is 83.2 cm³/mol. The van der Waals surface area contributed by atoms with Crippen molar-refractivity contribution in [2.24, 2.45) is 11.7 Å². The molecule has 1 aromatic rings. The van der Waals surface area contributed by atoms with E-state index in [1.165, 1.54) is 5.56 Å². The maximum Gasteiger partial charge on any atom is 0.264 e. The van der Waals surface area contributed by atoms with E-state index in [2.05, 4.69) is 19.9 Å². The number of hydrogen-bond donors (Lipinski definition) is 1. The Hall–Kier alpha value is -0.580. The Bertz CT molecular complexity index is 411. The number of aryl methyl sites for hydroxylation is 1. The number of amides is 1. The number of likely N-dealkylation sites (tertiary alicyclic amines) is 1. The van der Waals surface area contributed by atoms with Gasteiger partial charge in [-0.1, -0.05) is 6.92 Å². The zero-order chi connectivity index (χ0) is 13.1. The molecule has 2 rings (SSSR count). The van der Waals surface area contributed by atoms with Crippen molar-refractivity contribution in [1.29, 1.82) is 0 Å². The standard InChI is InChI=1S/C14H22N2OS.ClH/c1-3-11-6-9-18-13(11)14(17)16-7-4-12(5-8-16)10(2)15;/h6,9-10,12H,3-5,7-8,15H2,1-2H3;1H. The molecule has 0 bridgehead atoms.